The van der Waals surface area contributed by atoms with Crippen molar-refractivity contribution >= 4 is 0 Å². The van der Waals surface area contributed by atoms with Gasteiger partial charge in [-0.3, -0.25) is 4.90 Å². The molecule has 2 unspecified atom stereocenters. The molecule has 2 atom stereocenters. The molecular formula is C15H29NO2. The zero-order valence-electron chi connectivity index (χ0n) is 12.1. The topological polar surface area (TPSA) is 21.7 Å². The molecule has 0 radical (unpaired) electrons. The molecule has 2 aliphatic rings. The molecule has 2 fully saturated rings. The van der Waals surface area contributed by atoms with Gasteiger partial charge in [0, 0.05) is 32.2 Å². The number of likely N-dealkylation sites (tertiary alicyclic amines) is 1. The Morgan fingerprint density at radius 1 is 1.06 bits per heavy atom. The van der Waals surface area contributed by atoms with Crippen molar-refractivity contribution in [2.45, 2.75) is 64.7 Å². The molecule has 1 aliphatic heterocycles. The third-order valence-corrected chi connectivity index (χ3v) is 4.48. The number of hydrogen-bond acceptors (Lipinski definition) is 3. The molecule has 1 saturated carbocycles. The standard InChI is InChI=1S/C15H29NO2/c1-3-17-15(18-4-2)10-12-16-11-9-13-7-5-6-8-14(13)16/h13-15H,3-12H2,1-2H3. The summed E-state index contributed by atoms with van der Waals surface area (Å²) in [4.78, 5) is 2.69. The van der Waals surface area contributed by atoms with Crippen LogP contribution in [0.15, 0.2) is 0 Å². The Bertz CT molecular complexity index is 229. The highest BCUT2D eigenvalue weighted by Crippen LogP contribution is 2.36. The summed E-state index contributed by atoms with van der Waals surface area (Å²) in [7, 11) is 0. The number of fused-ring (bicyclic) bond motifs is 1. The van der Waals surface area contributed by atoms with Gasteiger partial charge in [0.25, 0.3) is 0 Å². The van der Waals surface area contributed by atoms with E-state index >= 15 is 0 Å². The van der Waals surface area contributed by atoms with Gasteiger partial charge in [0.05, 0.1) is 0 Å². The Labute approximate surface area is 112 Å². The molecular weight excluding hydrogens is 226 g/mol. The maximum atomic E-state index is 5.63. The maximum absolute atomic E-state index is 5.63. The SMILES string of the molecule is CCOC(CCN1CCC2CCCCC21)OCC. The first-order chi connectivity index (χ1) is 8.85. The van der Waals surface area contributed by atoms with Crippen LogP contribution < -0.4 is 0 Å². The van der Waals surface area contributed by atoms with Crippen LogP contribution in [0.25, 0.3) is 0 Å². The van der Waals surface area contributed by atoms with Crippen molar-refractivity contribution in [3.63, 3.8) is 0 Å². The van der Waals surface area contributed by atoms with Crippen molar-refractivity contribution < 1.29 is 9.47 Å². The van der Waals surface area contributed by atoms with E-state index in [1.165, 1.54) is 38.6 Å². The van der Waals surface area contributed by atoms with Gasteiger partial charge in [0.1, 0.15) is 0 Å². The maximum Gasteiger partial charge on any atom is 0.158 e. The molecule has 0 aromatic heterocycles. The van der Waals surface area contributed by atoms with Gasteiger partial charge in [-0.2, -0.15) is 0 Å². The van der Waals surface area contributed by atoms with Gasteiger partial charge in [-0.15, -0.1) is 0 Å². The fourth-order valence-corrected chi connectivity index (χ4v) is 3.64. The number of hydrogen-bond donors (Lipinski definition) is 0. The summed E-state index contributed by atoms with van der Waals surface area (Å²) in [5.41, 5.74) is 0. The first kappa shape index (κ1) is 14.3. The van der Waals surface area contributed by atoms with E-state index in [1.54, 1.807) is 0 Å². The van der Waals surface area contributed by atoms with Gasteiger partial charge in [0.15, 0.2) is 6.29 Å². The molecule has 1 aliphatic carbocycles. The molecule has 0 amide bonds. The summed E-state index contributed by atoms with van der Waals surface area (Å²) >= 11 is 0. The molecule has 2 rings (SSSR count). The second kappa shape index (κ2) is 7.46. The van der Waals surface area contributed by atoms with Crippen molar-refractivity contribution in [3.05, 3.63) is 0 Å². The lowest BCUT2D eigenvalue weighted by Crippen LogP contribution is -2.37. The fraction of sp³-hybridized carbons (Fsp3) is 1.00. The van der Waals surface area contributed by atoms with Gasteiger partial charge in [-0.1, -0.05) is 12.8 Å². The monoisotopic (exact) mass is 255 g/mol. The molecule has 1 heterocycles. The molecule has 18 heavy (non-hydrogen) atoms. The summed E-state index contributed by atoms with van der Waals surface area (Å²) in [6.45, 7) is 8.01. The van der Waals surface area contributed by atoms with Gasteiger partial charge in [-0.25, -0.2) is 0 Å². The van der Waals surface area contributed by atoms with Gasteiger partial charge in [0.2, 0.25) is 0 Å². The van der Waals surface area contributed by atoms with E-state index in [4.69, 9.17) is 9.47 Å². The predicted molar refractivity (Wildman–Crippen MR) is 73.6 cm³/mol. The molecule has 1 saturated heterocycles. The van der Waals surface area contributed by atoms with E-state index in [9.17, 15) is 0 Å². The highest BCUT2D eigenvalue weighted by Gasteiger charge is 2.35. The summed E-state index contributed by atoms with van der Waals surface area (Å²) in [5, 5.41) is 0. The van der Waals surface area contributed by atoms with Crippen LogP contribution in [0.1, 0.15) is 52.4 Å². The van der Waals surface area contributed by atoms with Crippen molar-refractivity contribution in [1.29, 1.82) is 0 Å². The third kappa shape index (κ3) is 3.69. The average Bonchev–Trinajstić information content (AvgIpc) is 2.80. The van der Waals surface area contributed by atoms with Crippen LogP contribution in [0.4, 0.5) is 0 Å². The molecule has 0 bridgehead atoms. The lowest BCUT2D eigenvalue weighted by molar-refractivity contribution is -0.142. The summed E-state index contributed by atoms with van der Waals surface area (Å²) in [5.74, 6) is 0.983. The lowest BCUT2D eigenvalue weighted by Gasteiger charge is -2.32. The second-order valence-electron chi connectivity index (χ2n) is 5.57. The Balaban J connectivity index is 1.75. The van der Waals surface area contributed by atoms with E-state index < -0.39 is 0 Å². The number of ether oxygens (including phenoxy) is 2. The van der Waals surface area contributed by atoms with E-state index in [-0.39, 0.29) is 6.29 Å². The van der Waals surface area contributed by atoms with Crippen LogP contribution in [-0.2, 0) is 9.47 Å². The average molecular weight is 255 g/mol. The van der Waals surface area contributed by atoms with Gasteiger partial charge in [-0.05, 0) is 45.6 Å². The first-order valence-electron chi connectivity index (χ1n) is 7.82. The zero-order valence-corrected chi connectivity index (χ0v) is 12.1. The predicted octanol–water partition coefficient (Wildman–Crippen LogP) is 3.04. The highest BCUT2D eigenvalue weighted by atomic mass is 16.7. The number of rotatable bonds is 7. The van der Waals surface area contributed by atoms with Gasteiger partial charge < -0.3 is 9.47 Å². The second-order valence-corrected chi connectivity index (χ2v) is 5.57. The van der Waals surface area contributed by atoms with E-state index in [2.05, 4.69) is 4.90 Å². The van der Waals surface area contributed by atoms with Crippen LogP contribution in [0, 0.1) is 5.92 Å². The molecule has 0 aromatic rings. The fourth-order valence-electron chi connectivity index (χ4n) is 3.64. The minimum atomic E-state index is 0.00244. The van der Waals surface area contributed by atoms with Crippen molar-refractivity contribution in [2.75, 3.05) is 26.3 Å². The molecule has 3 heteroatoms. The quantitative estimate of drug-likeness (QED) is 0.653. The molecule has 3 nitrogen and oxygen atoms in total. The van der Waals surface area contributed by atoms with E-state index in [1.807, 2.05) is 13.8 Å². The Morgan fingerprint density at radius 2 is 1.78 bits per heavy atom. The van der Waals surface area contributed by atoms with Crippen LogP contribution in [0.3, 0.4) is 0 Å². The zero-order chi connectivity index (χ0) is 12.8. The Hall–Kier alpha value is -0.120. The number of nitrogens with zero attached hydrogens (tertiary/aromatic N) is 1. The van der Waals surface area contributed by atoms with Crippen LogP contribution >= 0.6 is 0 Å². The van der Waals surface area contributed by atoms with Gasteiger partial charge >= 0.3 is 0 Å². The third-order valence-electron chi connectivity index (χ3n) is 4.48. The molecule has 0 N–H and O–H groups in total. The summed E-state index contributed by atoms with van der Waals surface area (Å²) in [6.07, 6.45) is 8.19. The van der Waals surface area contributed by atoms with Crippen LogP contribution in [0.2, 0.25) is 0 Å². The lowest BCUT2D eigenvalue weighted by atomic mass is 9.85. The van der Waals surface area contributed by atoms with Crippen molar-refractivity contribution in [3.8, 4) is 0 Å². The minimum absolute atomic E-state index is 0.00244. The smallest absolute Gasteiger partial charge is 0.158 e. The van der Waals surface area contributed by atoms with E-state index in [0.29, 0.717) is 0 Å². The van der Waals surface area contributed by atoms with Crippen LogP contribution in [0.5, 0.6) is 0 Å². The highest BCUT2D eigenvalue weighted by molar-refractivity contribution is 4.89. The molecule has 0 spiro atoms. The first-order valence-corrected chi connectivity index (χ1v) is 7.82. The normalized spacial score (nSPS) is 28.8. The summed E-state index contributed by atoms with van der Waals surface area (Å²) in [6, 6.07) is 0.864. The van der Waals surface area contributed by atoms with E-state index in [0.717, 1.165) is 38.1 Å². The Kier molecular flexibility index (Phi) is 5.93. The molecule has 0 aromatic carbocycles. The minimum Gasteiger partial charge on any atom is -0.353 e. The largest absolute Gasteiger partial charge is 0.353 e. The van der Waals surface area contributed by atoms with Crippen LogP contribution in [-0.4, -0.2) is 43.5 Å². The summed E-state index contributed by atoms with van der Waals surface area (Å²) < 4.78 is 11.3. The molecule has 106 valence electrons. The van der Waals surface area contributed by atoms with Crippen molar-refractivity contribution in [2.24, 2.45) is 5.92 Å². The Morgan fingerprint density at radius 3 is 2.50 bits per heavy atom. The van der Waals surface area contributed by atoms with Crippen molar-refractivity contribution in [1.82, 2.24) is 4.90 Å².